The van der Waals surface area contributed by atoms with E-state index in [1.807, 2.05) is 23.9 Å². The monoisotopic (exact) mass is 348 g/mol. The van der Waals surface area contributed by atoms with Gasteiger partial charge in [0.15, 0.2) is 5.13 Å². The van der Waals surface area contributed by atoms with Crippen LogP contribution in [-0.4, -0.2) is 43.1 Å². The number of carbonyl (C=O) groups is 1. The van der Waals surface area contributed by atoms with Gasteiger partial charge in [0.25, 0.3) is 0 Å². The van der Waals surface area contributed by atoms with Gasteiger partial charge in [0, 0.05) is 24.9 Å². The van der Waals surface area contributed by atoms with E-state index in [1.54, 1.807) is 0 Å². The Morgan fingerprint density at radius 3 is 2.92 bits per heavy atom. The van der Waals surface area contributed by atoms with E-state index in [9.17, 15) is 4.79 Å². The van der Waals surface area contributed by atoms with Gasteiger partial charge in [-0.2, -0.15) is 5.10 Å². The van der Waals surface area contributed by atoms with Crippen molar-refractivity contribution >= 4 is 22.4 Å². The Hall–Kier alpha value is -1.80. The second-order valence-electron chi connectivity index (χ2n) is 6.33. The molecular weight excluding hydrogens is 324 g/mol. The Kier molecular flexibility index (Phi) is 5.25. The molecule has 1 aliphatic heterocycles. The fourth-order valence-corrected chi connectivity index (χ4v) is 3.95. The number of carbonyl (C=O) groups excluding carboxylic acids is 1. The van der Waals surface area contributed by atoms with E-state index in [0.29, 0.717) is 11.2 Å². The molecule has 2 aromatic heterocycles. The second kappa shape index (κ2) is 7.40. The van der Waals surface area contributed by atoms with E-state index in [4.69, 9.17) is 0 Å². The zero-order valence-electron chi connectivity index (χ0n) is 14.4. The van der Waals surface area contributed by atoms with Crippen LogP contribution in [0.25, 0.3) is 0 Å². The SMILES string of the molecule is CC(=O)Nc1nc(CN2CCCC[C@@H]2Cn2nc(C)nc2C)cs1. The molecule has 0 saturated carbocycles. The van der Waals surface area contributed by atoms with Crippen molar-refractivity contribution in [3.05, 3.63) is 22.7 Å². The van der Waals surface area contributed by atoms with Gasteiger partial charge in [-0.05, 0) is 33.2 Å². The number of nitrogens with zero attached hydrogens (tertiary/aromatic N) is 5. The van der Waals surface area contributed by atoms with Gasteiger partial charge in [-0.25, -0.2) is 14.6 Å². The number of anilines is 1. The summed E-state index contributed by atoms with van der Waals surface area (Å²) in [6, 6.07) is 0.449. The first-order chi connectivity index (χ1) is 11.5. The van der Waals surface area contributed by atoms with Crippen molar-refractivity contribution in [3.8, 4) is 0 Å². The lowest BCUT2D eigenvalue weighted by atomic mass is 10.0. The van der Waals surface area contributed by atoms with Crippen molar-refractivity contribution < 1.29 is 4.79 Å². The number of aromatic nitrogens is 4. The molecule has 1 saturated heterocycles. The molecule has 3 rings (SSSR count). The van der Waals surface area contributed by atoms with Crippen LogP contribution in [0.4, 0.5) is 5.13 Å². The lowest BCUT2D eigenvalue weighted by Crippen LogP contribution is -2.42. The topological polar surface area (TPSA) is 75.9 Å². The minimum Gasteiger partial charge on any atom is -0.302 e. The predicted octanol–water partition coefficient (Wildman–Crippen LogP) is 2.36. The molecule has 1 amide bonds. The number of hydrogen-bond acceptors (Lipinski definition) is 6. The lowest BCUT2D eigenvalue weighted by Gasteiger charge is -2.35. The third-order valence-electron chi connectivity index (χ3n) is 4.30. The number of likely N-dealkylation sites (tertiary alicyclic amines) is 1. The number of rotatable bonds is 5. The fraction of sp³-hybridized carbons (Fsp3) is 0.625. The van der Waals surface area contributed by atoms with Crippen LogP contribution in [0.1, 0.15) is 43.5 Å². The van der Waals surface area contributed by atoms with Gasteiger partial charge in [-0.3, -0.25) is 9.69 Å². The molecule has 24 heavy (non-hydrogen) atoms. The van der Waals surface area contributed by atoms with Gasteiger partial charge in [0.2, 0.25) is 5.91 Å². The molecule has 2 aromatic rings. The molecule has 0 radical (unpaired) electrons. The average molecular weight is 348 g/mol. The third kappa shape index (κ3) is 4.18. The normalized spacial score (nSPS) is 18.7. The molecule has 1 atom stereocenters. The Morgan fingerprint density at radius 2 is 2.21 bits per heavy atom. The minimum absolute atomic E-state index is 0.0798. The molecule has 0 aliphatic carbocycles. The molecule has 1 N–H and O–H groups in total. The van der Waals surface area contributed by atoms with Gasteiger partial charge in [0.1, 0.15) is 11.6 Å². The molecule has 0 bridgehead atoms. The summed E-state index contributed by atoms with van der Waals surface area (Å²) in [7, 11) is 0. The summed E-state index contributed by atoms with van der Waals surface area (Å²) in [6.07, 6.45) is 3.64. The van der Waals surface area contributed by atoms with Gasteiger partial charge in [0.05, 0.1) is 12.2 Å². The standard InChI is InChI=1S/C16H24N6OS/c1-11-17-12(2)22(20-11)9-15-6-4-5-7-21(15)8-14-10-24-16(19-14)18-13(3)23/h10,15H,4-9H2,1-3H3,(H,18,19,23)/t15-/m1/s1. The minimum atomic E-state index is -0.0798. The number of hydrogen-bond donors (Lipinski definition) is 1. The molecule has 3 heterocycles. The van der Waals surface area contributed by atoms with Crippen LogP contribution >= 0.6 is 11.3 Å². The Bertz CT molecular complexity index is 709. The second-order valence-corrected chi connectivity index (χ2v) is 7.19. The first-order valence-electron chi connectivity index (χ1n) is 8.35. The van der Waals surface area contributed by atoms with Gasteiger partial charge >= 0.3 is 0 Å². The highest BCUT2D eigenvalue weighted by Gasteiger charge is 2.24. The molecule has 1 aliphatic rings. The fourth-order valence-electron chi connectivity index (χ4n) is 3.20. The van der Waals surface area contributed by atoms with Crippen molar-refractivity contribution in [2.75, 3.05) is 11.9 Å². The third-order valence-corrected chi connectivity index (χ3v) is 5.10. The maximum absolute atomic E-state index is 11.1. The smallest absolute Gasteiger partial charge is 0.223 e. The molecular formula is C16H24N6OS. The Morgan fingerprint density at radius 1 is 1.38 bits per heavy atom. The summed E-state index contributed by atoms with van der Waals surface area (Å²) < 4.78 is 2.02. The summed E-state index contributed by atoms with van der Waals surface area (Å²) in [5.41, 5.74) is 1.02. The molecule has 7 nitrogen and oxygen atoms in total. The zero-order chi connectivity index (χ0) is 17.1. The van der Waals surface area contributed by atoms with E-state index in [-0.39, 0.29) is 5.91 Å². The van der Waals surface area contributed by atoms with Crippen LogP contribution in [-0.2, 0) is 17.9 Å². The maximum atomic E-state index is 11.1. The average Bonchev–Trinajstić information content (AvgIpc) is 3.07. The predicted molar refractivity (Wildman–Crippen MR) is 94.0 cm³/mol. The van der Waals surface area contributed by atoms with Crippen LogP contribution in [0.5, 0.6) is 0 Å². The van der Waals surface area contributed by atoms with Crippen molar-refractivity contribution in [3.63, 3.8) is 0 Å². The maximum Gasteiger partial charge on any atom is 0.223 e. The highest BCUT2D eigenvalue weighted by Crippen LogP contribution is 2.23. The Labute approximate surface area is 146 Å². The highest BCUT2D eigenvalue weighted by atomic mass is 32.1. The van der Waals surface area contributed by atoms with Gasteiger partial charge < -0.3 is 5.32 Å². The van der Waals surface area contributed by atoms with E-state index < -0.39 is 0 Å². The first-order valence-corrected chi connectivity index (χ1v) is 9.23. The number of nitrogens with one attached hydrogen (secondary N) is 1. The van der Waals surface area contributed by atoms with Gasteiger partial charge in [-0.1, -0.05) is 6.42 Å². The van der Waals surface area contributed by atoms with E-state index in [0.717, 1.165) is 37.0 Å². The summed E-state index contributed by atoms with van der Waals surface area (Å²) in [4.78, 5) is 22.5. The van der Waals surface area contributed by atoms with E-state index in [2.05, 4.69) is 25.3 Å². The van der Waals surface area contributed by atoms with Crippen LogP contribution in [0.2, 0.25) is 0 Å². The van der Waals surface area contributed by atoms with Crippen LogP contribution in [0.15, 0.2) is 5.38 Å². The van der Waals surface area contributed by atoms with Crippen LogP contribution < -0.4 is 5.32 Å². The van der Waals surface area contributed by atoms with Crippen molar-refractivity contribution in [1.82, 2.24) is 24.6 Å². The number of aryl methyl sites for hydroxylation is 2. The summed E-state index contributed by atoms with van der Waals surface area (Å²) in [5.74, 6) is 1.72. The molecule has 1 fully saturated rings. The summed E-state index contributed by atoms with van der Waals surface area (Å²) in [5, 5.41) is 9.96. The number of thiazole rings is 1. The largest absolute Gasteiger partial charge is 0.302 e. The molecule has 0 unspecified atom stereocenters. The molecule has 0 aromatic carbocycles. The Balaban J connectivity index is 1.67. The quantitative estimate of drug-likeness (QED) is 0.898. The van der Waals surface area contributed by atoms with E-state index in [1.165, 1.54) is 37.5 Å². The molecule has 8 heteroatoms. The number of amides is 1. The van der Waals surface area contributed by atoms with Gasteiger partial charge in [-0.15, -0.1) is 11.3 Å². The summed E-state index contributed by atoms with van der Waals surface area (Å²) in [6.45, 7) is 8.20. The zero-order valence-corrected chi connectivity index (χ0v) is 15.3. The van der Waals surface area contributed by atoms with Crippen molar-refractivity contribution in [2.24, 2.45) is 0 Å². The van der Waals surface area contributed by atoms with Crippen molar-refractivity contribution in [2.45, 2.75) is 59.2 Å². The lowest BCUT2D eigenvalue weighted by molar-refractivity contribution is -0.114. The van der Waals surface area contributed by atoms with E-state index >= 15 is 0 Å². The van der Waals surface area contributed by atoms with Crippen LogP contribution in [0.3, 0.4) is 0 Å². The molecule has 130 valence electrons. The first kappa shape index (κ1) is 17.0. The molecule has 0 spiro atoms. The van der Waals surface area contributed by atoms with Crippen molar-refractivity contribution in [1.29, 1.82) is 0 Å². The summed E-state index contributed by atoms with van der Waals surface area (Å²) >= 11 is 1.48. The number of piperidine rings is 1. The highest BCUT2D eigenvalue weighted by molar-refractivity contribution is 7.13. The van der Waals surface area contributed by atoms with Crippen LogP contribution in [0, 0.1) is 13.8 Å².